The lowest BCUT2D eigenvalue weighted by atomic mass is 10.1. The van der Waals surface area contributed by atoms with E-state index in [-0.39, 0.29) is 54.4 Å². The number of hydrogen-bond donors (Lipinski definition) is 1. The van der Waals surface area contributed by atoms with Crippen LogP contribution in [0.15, 0.2) is 29.1 Å². The van der Waals surface area contributed by atoms with Crippen LogP contribution in [-0.2, 0) is 22.9 Å². The van der Waals surface area contributed by atoms with Crippen molar-refractivity contribution in [2.45, 2.75) is 62.6 Å². The fraction of sp³-hybridized carbons (Fsp3) is 0.480. The minimum absolute atomic E-state index is 0.0561. The van der Waals surface area contributed by atoms with E-state index in [1.165, 1.54) is 16.7 Å². The van der Waals surface area contributed by atoms with Crippen LogP contribution in [0.1, 0.15) is 63.2 Å². The normalized spacial score (nSPS) is 18.8. The third-order valence-electron chi connectivity index (χ3n) is 7.35. The fourth-order valence-corrected chi connectivity index (χ4v) is 7.34. The van der Waals surface area contributed by atoms with E-state index in [1.54, 1.807) is 30.9 Å². The largest absolute Gasteiger partial charge is 0.348 e. The van der Waals surface area contributed by atoms with Gasteiger partial charge in [0.25, 0.3) is 17.4 Å². The standard InChI is InChI=1S/C25H28FN3O5S/c1-15-3-4-17(12-20(15)26)13-27-22(30)19-11-16(2)21-24(32)28(9-10-29(21)23(19)31)14-25(7-8-25)35(33,34)18-5-6-18/h3-4,11-12,18H,5-10,13-14H2,1-2H3,(H,27,30). The van der Waals surface area contributed by atoms with Gasteiger partial charge in [0.05, 0.1) is 10.00 Å². The van der Waals surface area contributed by atoms with Gasteiger partial charge in [-0.15, -0.1) is 0 Å². The van der Waals surface area contributed by atoms with Gasteiger partial charge in [-0.1, -0.05) is 12.1 Å². The number of rotatable bonds is 7. The quantitative estimate of drug-likeness (QED) is 0.626. The number of halogens is 1. The monoisotopic (exact) mass is 501 g/mol. The van der Waals surface area contributed by atoms with Gasteiger partial charge in [-0.2, -0.15) is 0 Å². The Morgan fingerprint density at radius 3 is 2.46 bits per heavy atom. The number of nitrogens with one attached hydrogen (secondary N) is 1. The minimum Gasteiger partial charge on any atom is -0.348 e. The van der Waals surface area contributed by atoms with Gasteiger partial charge in [0.15, 0.2) is 9.84 Å². The van der Waals surface area contributed by atoms with E-state index >= 15 is 0 Å². The van der Waals surface area contributed by atoms with Crippen molar-refractivity contribution in [1.29, 1.82) is 0 Å². The molecule has 0 unspecified atom stereocenters. The fourth-order valence-electron chi connectivity index (χ4n) is 4.87. The molecule has 2 aromatic rings. The van der Waals surface area contributed by atoms with Gasteiger partial charge in [0.2, 0.25) is 0 Å². The molecule has 1 N–H and O–H groups in total. The molecule has 8 nitrogen and oxygen atoms in total. The second-order valence-corrected chi connectivity index (χ2v) is 12.6. The van der Waals surface area contributed by atoms with Crippen LogP contribution in [0.2, 0.25) is 0 Å². The average Bonchev–Trinajstić information content (AvgIpc) is 3.72. The number of sulfone groups is 1. The van der Waals surface area contributed by atoms with Crippen molar-refractivity contribution in [2.24, 2.45) is 0 Å². The summed E-state index contributed by atoms with van der Waals surface area (Å²) in [4.78, 5) is 40.7. The molecule has 1 aromatic heterocycles. The zero-order valence-corrected chi connectivity index (χ0v) is 20.6. The van der Waals surface area contributed by atoms with Crippen LogP contribution in [0, 0.1) is 19.7 Å². The SMILES string of the molecule is Cc1ccc(CNC(=O)c2cc(C)c3n(c2=O)CCN(CC2(S(=O)(=O)C4CC4)CC2)C3=O)cc1F. The third-order valence-corrected chi connectivity index (χ3v) is 10.4. The molecule has 0 spiro atoms. The summed E-state index contributed by atoms with van der Waals surface area (Å²) in [5.41, 5.74) is 1.07. The highest BCUT2D eigenvalue weighted by molar-refractivity contribution is 7.94. The number of carbonyl (C=O) groups is 2. The first-order valence-electron chi connectivity index (χ1n) is 11.8. The van der Waals surface area contributed by atoms with E-state index in [0.29, 0.717) is 42.4 Å². The summed E-state index contributed by atoms with van der Waals surface area (Å²) in [6.45, 7) is 3.90. The first kappa shape index (κ1) is 23.7. The van der Waals surface area contributed by atoms with E-state index in [2.05, 4.69) is 5.32 Å². The van der Waals surface area contributed by atoms with Crippen molar-refractivity contribution >= 4 is 21.7 Å². The summed E-state index contributed by atoms with van der Waals surface area (Å²) in [5.74, 6) is -1.36. The summed E-state index contributed by atoms with van der Waals surface area (Å²) in [5, 5.41) is 2.37. The molecule has 0 saturated heterocycles. The van der Waals surface area contributed by atoms with E-state index in [4.69, 9.17) is 0 Å². The van der Waals surface area contributed by atoms with Crippen LogP contribution in [0.4, 0.5) is 4.39 Å². The molecule has 0 bridgehead atoms. The molecule has 2 saturated carbocycles. The summed E-state index contributed by atoms with van der Waals surface area (Å²) in [6.07, 6.45) is 2.51. The molecule has 10 heteroatoms. The molecule has 0 atom stereocenters. The highest BCUT2D eigenvalue weighted by Gasteiger charge is 2.60. The number of aromatic nitrogens is 1. The molecular weight excluding hydrogens is 473 g/mol. The Kier molecular flexibility index (Phi) is 5.62. The van der Waals surface area contributed by atoms with Gasteiger partial charge in [-0.3, -0.25) is 14.4 Å². The molecule has 3 aliphatic rings. The third kappa shape index (κ3) is 4.07. The lowest BCUT2D eigenvalue weighted by Crippen LogP contribution is -2.50. The smallest absolute Gasteiger partial charge is 0.270 e. The lowest BCUT2D eigenvalue weighted by molar-refractivity contribution is 0.0693. The van der Waals surface area contributed by atoms with Crippen molar-refractivity contribution in [3.05, 3.63) is 68.4 Å². The van der Waals surface area contributed by atoms with E-state index in [1.807, 2.05) is 0 Å². The van der Waals surface area contributed by atoms with Gasteiger partial charge in [-0.25, -0.2) is 12.8 Å². The molecule has 2 fully saturated rings. The van der Waals surface area contributed by atoms with Crippen molar-refractivity contribution in [3.8, 4) is 0 Å². The van der Waals surface area contributed by atoms with E-state index in [0.717, 1.165) is 0 Å². The van der Waals surface area contributed by atoms with Crippen molar-refractivity contribution in [2.75, 3.05) is 13.1 Å². The van der Waals surface area contributed by atoms with Crippen LogP contribution in [0.3, 0.4) is 0 Å². The zero-order chi connectivity index (χ0) is 25.1. The number of nitrogens with zero attached hydrogens (tertiary/aromatic N) is 2. The molecule has 0 radical (unpaired) electrons. The highest BCUT2D eigenvalue weighted by atomic mass is 32.2. The first-order valence-corrected chi connectivity index (χ1v) is 13.4. The number of benzene rings is 1. The van der Waals surface area contributed by atoms with Gasteiger partial charge in [0.1, 0.15) is 17.1 Å². The van der Waals surface area contributed by atoms with Crippen LogP contribution >= 0.6 is 0 Å². The molecule has 1 aliphatic heterocycles. The summed E-state index contributed by atoms with van der Waals surface area (Å²) < 4.78 is 40.0. The topological polar surface area (TPSA) is 106 Å². The van der Waals surface area contributed by atoms with E-state index in [9.17, 15) is 27.2 Å². The molecule has 186 valence electrons. The number of hydrogen-bond acceptors (Lipinski definition) is 5. The van der Waals surface area contributed by atoms with Crippen LogP contribution in [0.25, 0.3) is 0 Å². The lowest BCUT2D eigenvalue weighted by Gasteiger charge is -2.33. The van der Waals surface area contributed by atoms with Gasteiger partial charge in [0, 0.05) is 26.2 Å². The Morgan fingerprint density at radius 1 is 1.11 bits per heavy atom. The Morgan fingerprint density at radius 2 is 1.83 bits per heavy atom. The predicted octanol–water partition coefficient (Wildman–Crippen LogP) is 2.10. The molecule has 2 amide bonds. The Labute approximate surface area is 203 Å². The van der Waals surface area contributed by atoms with Crippen molar-refractivity contribution in [1.82, 2.24) is 14.8 Å². The van der Waals surface area contributed by atoms with Crippen molar-refractivity contribution < 1.29 is 22.4 Å². The molecular formula is C25H28FN3O5S. The number of carbonyl (C=O) groups excluding carboxylic acids is 2. The summed E-state index contributed by atoms with van der Waals surface area (Å²) >= 11 is 0. The van der Waals surface area contributed by atoms with Crippen molar-refractivity contribution in [3.63, 3.8) is 0 Å². The Hall–Kier alpha value is -3.01. The number of amides is 2. The maximum absolute atomic E-state index is 13.8. The van der Waals surface area contributed by atoms with E-state index < -0.39 is 26.1 Å². The molecule has 1 aromatic carbocycles. The number of pyridine rings is 1. The molecule has 2 aliphatic carbocycles. The molecule has 2 heterocycles. The number of aryl methyl sites for hydroxylation is 2. The zero-order valence-electron chi connectivity index (χ0n) is 19.8. The minimum atomic E-state index is -3.26. The van der Waals surface area contributed by atoms with Crippen LogP contribution < -0.4 is 10.9 Å². The molecule has 35 heavy (non-hydrogen) atoms. The van der Waals surface area contributed by atoms with Crippen LogP contribution in [-0.4, -0.2) is 52.8 Å². The van der Waals surface area contributed by atoms with Gasteiger partial charge >= 0.3 is 0 Å². The first-order chi connectivity index (χ1) is 16.5. The second-order valence-electron chi connectivity index (χ2n) is 9.97. The highest BCUT2D eigenvalue weighted by Crippen LogP contribution is 2.50. The average molecular weight is 502 g/mol. The maximum atomic E-state index is 13.8. The second kappa shape index (κ2) is 8.29. The van der Waals surface area contributed by atoms with Gasteiger partial charge < -0.3 is 14.8 Å². The summed E-state index contributed by atoms with van der Waals surface area (Å²) in [7, 11) is -3.26. The Bertz CT molecular complexity index is 1410. The number of fused-ring (bicyclic) bond motifs is 1. The molecule has 5 rings (SSSR count). The predicted molar refractivity (Wildman–Crippen MR) is 128 cm³/mol. The summed E-state index contributed by atoms with van der Waals surface area (Å²) in [6, 6.07) is 6.05. The van der Waals surface area contributed by atoms with Gasteiger partial charge in [-0.05, 0) is 68.4 Å². The maximum Gasteiger partial charge on any atom is 0.270 e. The Balaban J connectivity index is 1.35. The van der Waals surface area contributed by atoms with Crippen LogP contribution in [0.5, 0.6) is 0 Å².